The van der Waals surface area contributed by atoms with Crippen molar-refractivity contribution in [1.29, 1.82) is 0 Å². The fourth-order valence-electron chi connectivity index (χ4n) is 4.18. The Morgan fingerprint density at radius 1 is 1.06 bits per heavy atom. The lowest BCUT2D eigenvalue weighted by Gasteiger charge is -2.17. The summed E-state index contributed by atoms with van der Waals surface area (Å²) in [5, 5.41) is 8.56. The molecule has 5 rings (SSSR count). The van der Waals surface area contributed by atoms with Crippen LogP contribution in [0, 0.1) is 13.8 Å². The quantitative estimate of drug-likeness (QED) is 0.459. The van der Waals surface area contributed by atoms with Gasteiger partial charge in [-0.3, -0.25) is 9.48 Å². The van der Waals surface area contributed by atoms with E-state index < -0.39 is 0 Å². The lowest BCUT2D eigenvalue weighted by molar-refractivity contribution is -0.117. The number of carbonyl (C=O) groups is 1. The van der Waals surface area contributed by atoms with E-state index >= 15 is 0 Å². The summed E-state index contributed by atoms with van der Waals surface area (Å²) in [4.78, 5) is 19.2. The van der Waals surface area contributed by atoms with Crippen LogP contribution in [0.15, 0.2) is 59.3 Å². The number of aryl methyl sites for hydroxylation is 3. The van der Waals surface area contributed by atoms with Gasteiger partial charge in [-0.25, -0.2) is 0 Å². The minimum absolute atomic E-state index is 0.0767. The van der Waals surface area contributed by atoms with E-state index in [2.05, 4.69) is 42.1 Å². The molecule has 1 atom stereocenters. The molecule has 2 aromatic carbocycles. The molecule has 32 heavy (non-hydrogen) atoms. The van der Waals surface area contributed by atoms with Crippen LogP contribution < -0.4 is 4.90 Å². The van der Waals surface area contributed by atoms with Crippen LogP contribution in [0.5, 0.6) is 0 Å². The number of amides is 1. The predicted molar refractivity (Wildman–Crippen MR) is 122 cm³/mol. The number of rotatable bonds is 5. The monoisotopic (exact) mass is 427 g/mol. The van der Waals surface area contributed by atoms with Crippen molar-refractivity contribution in [2.24, 2.45) is 0 Å². The molecule has 4 aromatic rings. The summed E-state index contributed by atoms with van der Waals surface area (Å²) in [5.41, 5.74) is 6.26. The molecular formula is C25H25N5O2. The van der Waals surface area contributed by atoms with Gasteiger partial charge in [-0.1, -0.05) is 29.4 Å². The molecule has 0 saturated carbocycles. The Kier molecular flexibility index (Phi) is 5.09. The number of carbonyl (C=O) groups excluding carboxylic acids is 1. The van der Waals surface area contributed by atoms with Gasteiger partial charge < -0.3 is 9.42 Å². The van der Waals surface area contributed by atoms with Gasteiger partial charge in [0.1, 0.15) is 0 Å². The summed E-state index contributed by atoms with van der Waals surface area (Å²) < 4.78 is 7.55. The normalized spacial score (nSPS) is 16.2. The molecule has 1 aliphatic heterocycles. The third kappa shape index (κ3) is 3.60. The van der Waals surface area contributed by atoms with Crippen molar-refractivity contribution in [3.63, 3.8) is 0 Å². The van der Waals surface area contributed by atoms with Gasteiger partial charge in [0.2, 0.25) is 17.6 Å². The fourth-order valence-corrected chi connectivity index (χ4v) is 4.18. The molecule has 0 spiro atoms. The highest BCUT2D eigenvalue weighted by molar-refractivity contribution is 5.96. The number of hydrogen-bond donors (Lipinski definition) is 0. The SMILES string of the molecule is CCn1nccc1-c1cccc(-c2noc(C3CC(=O)N(c4ccc(C)c(C)c4)C3)n2)c1. The molecule has 1 aliphatic rings. The van der Waals surface area contributed by atoms with Crippen molar-refractivity contribution in [1.82, 2.24) is 19.9 Å². The average Bonchev–Trinajstić information content (AvgIpc) is 3.55. The van der Waals surface area contributed by atoms with E-state index in [1.807, 2.05) is 52.0 Å². The lowest BCUT2D eigenvalue weighted by Crippen LogP contribution is -2.24. The molecule has 2 aromatic heterocycles. The topological polar surface area (TPSA) is 77.0 Å². The van der Waals surface area contributed by atoms with Crippen molar-refractivity contribution >= 4 is 11.6 Å². The first-order valence-corrected chi connectivity index (χ1v) is 10.9. The van der Waals surface area contributed by atoms with Crippen LogP contribution in [0.1, 0.15) is 36.3 Å². The van der Waals surface area contributed by atoms with E-state index in [1.165, 1.54) is 11.1 Å². The molecule has 162 valence electrons. The summed E-state index contributed by atoms with van der Waals surface area (Å²) in [6, 6.07) is 16.1. The predicted octanol–water partition coefficient (Wildman–Crippen LogP) is 4.76. The van der Waals surface area contributed by atoms with Gasteiger partial charge in [-0.2, -0.15) is 10.1 Å². The maximum atomic E-state index is 12.7. The van der Waals surface area contributed by atoms with Gasteiger partial charge in [-0.05, 0) is 56.2 Å². The van der Waals surface area contributed by atoms with Gasteiger partial charge in [-0.15, -0.1) is 0 Å². The number of anilines is 1. The van der Waals surface area contributed by atoms with Crippen molar-refractivity contribution in [3.05, 3.63) is 71.7 Å². The van der Waals surface area contributed by atoms with Crippen molar-refractivity contribution in [3.8, 4) is 22.6 Å². The molecule has 1 amide bonds. The van der Waals surface area contributed by atoms with Gasteiger partial charge in [0.05, 0.1) is 11.6 Å². The van der Waals surface area contributed by atoms with Crippen LogP contribution in [0.25, 0.3) is 22.6 Å². The summed E-state index contributed by atoms with van der Waals surface area (Å²) >= 11 is 0. The Hall–Kier alpha value is -3.74. The number of aromatic nitrogens is 4. The molecule has 3 heterocycles. The summed E-state index contributed by atoms with van der Waals surface area (Å²) in [7, 11) is 0. The van der Waals surface area contributed by atoms with Crippen molar-refractivity contribution in [2.75, 3.05) is 11.4 Å². The highest BCUT2D eigenvalue weighted by Gasteiger charge is 2.35. The van der Waals surface area contributed by atoms with Gasteiger partial charge in [0.15, 0.2) is 0 Å². The molecular weight excluding hydrogens is 402 g/mol. The largest absolute Gasteiger partial charge is 0.339 e. The second-order valence-corrected chi connectivity index (χ2v) is 8.24. The van der Waals surface area contributed by atoms with Crippen LogP contribution >= 0.6 is 0 Å². The highest BCUT2D eigenvalue weighted by atomic mass is 16.5. The molecule has 7 heteroatoms. The first-order valence-electron chi connectivity index (χ1n) is 10.9. The van der Waals surface area contributed by atoms with E-state index in [0.29, 0.717) is 24.7 Å². The first kappa shape index (κ1) is 20.2. The van der Waals surface area contributed by atoms with Crippen molar-refractivity contribution < 1.29 is 9.32 Å². The first-order chi connectivity index (χ1) is 15.5. The maximum absolute atomic E-state index is 12.7. The van der Waals surface area contributed by atoms with Crippen molar-refractivity contribution in [2.45, 2.75) is 39.7 Å². The average molecular weight is 428 g/mol. The number of benzene rings is 2. The second kappa shape index (κ2) is 8.07. The van der Waals surface area contributed by atoms with E-state index in [9.17, 15) is 4.79 Å². The van der Waals surface area contributed by atoms with E-state index in [1.54, 1.807) is 6.20 Å². The molecule has 0 bridgehead atoms. The van der Waals surface area contributed by atoms with Crippen LogP contribution in [-0.2, 0) is 11.3 Å². The molecule has 7 nitrogen and oxygen atoms in total. The number of nitrogens with zero attached hydrogens (tertiary/aromatic N) is 5. The van der Waals surface area contributed by atoms with Crippen LogP contribution in [0.3, 0.4) is 0 Å². The minimum Gasteiger partial charge on any atom is -0.339 e. The zero-order valence-electron chi connectivity index (χ0n) is 18.4. The molecule has 1 unspecified atom stereocenters. The lowest BCUT2D eigenvalue weighted by atomic mass is 10.1. The molecule has 0 aliphatic carbocycles. The smallest absolute Gasteiger partial charge is 0.232 e. The molecule has 0 N–H and O–H groups in total. The van der Waals surface area contributed by atoms with Crippen LogP contribution in [-0.4, -0.2) is 32.4 Å². The van der Waals surface area contributed by atoms with Gasteiger partial charge >= 0.3 is 0 Å². The van der Waals surface area contributed by atoms with E-state index in [0.717, 1.165) is 29.1 Å². The second-order valence-electron chi connectivity index (χ2n) is 8.24. The summed E-state index contributed by atoms with van der Waals surface area (Å²) in [6.07, 6.45) is 2.17. The standard InChI is InChI=1S/C25H25N5O2/c1-4-30-22(10-11-26-30)18-6-5-7-19(13-18)24-27-25(32-28-24)20-14-23(31)29(15-20)21-9-8-16(2)17(3)12-21/h5-13,20H,4,14-15H2,1-3H3. The minimum atomic E-state index is -0.116. The highest BCUT2D eigenvalue weighted by Crippen LogP contribution is 2.33. The summed E-state index contributed by atoms with van der Waals surface area (Å²) in [6.45, 7) is 7.53. The molecule has 1 fully saturated rings. The van der Waals surface area contributed by atoms with Gasteiger partial charge in [0, 0.05) is 42.5 Å². The Labute approximate surface area is 186 Å². The zero-order valence-corrected chi connectivity index (χ0v) is 18.4. The Morgan fingerprint density at radius 2 is 1.91 bits per heavy atom. The molecule has 0 radical (unpaired) electrons. The van der Waals surface area contributed by atoms with E-state index in [4.69, 9.17) is 4.52 Å². The Bertz CT molecular complexity index is 1290. The number of hydrogen-bond acceptors (Lipinski definition) is 5. The summed E-state index contributed by atoms with van der Waals surface area (Å²) in [5.74, 6) is 0.994. The van der Waals surface area contributed by atoms with Gasteiger partial charge in [0.25, 0.3) is 0 Å². The Morgan fingerprint density at radius 3 is 2.72 bits per heavy atom. The Balaban J connectivity index is 1.38. The maximum Gasteiger partial charge on any atom is 0.232 e. The fraction of sp³-hybridized carbons (Fsp3) is 0.280. The zero-order chi connectivity index (χ0) is 22.2. The molecule has 1 saturated heterocycles. The van der Waals surface area contributed by atoms with Crippen LogP contribution in [0.2, 0.25) is 0 Å². The van der Waals surface area contributed by atoms with E-state index in [-0.39, 0.29) is 11.8 Å². The third-order valence-electron chi connectivity index (χ3n) is 6.15. The third-order valence-corrected chi connectivity index (χ3v) is 6.15. The van der Waals surface area contributed by atoms with Crippen LogP contribution in [0.4, 0.5) is 5.69 Å².